The summed E-state index contributed by atoms with van der Waals surface area (Å²) in [4.78, 5) is 0. The molecule has 0 saturated carbocycles. The van der Waals surface area contributed by atoms with Crippen LogP contribution in [0.25, 0.3) is 0 Å². The minimum absolute atomic E-state index is 0.120. The fourth-order valence-corrected chi connectivity index (χ4v) is 6.42. The molecule has 0 aromatic heterocycles. The average Bonchev–Trinajstić information content (AvgIpc) is 0.852. The monoisotopic (exact) mass is 1300 g/mol. The van der Waals surface area contributed by atoms with Gasteiger partial charge in [-0.05, 0) is 59.7 Å². The summed E-state index contributed by atoms with van der Waals surface area (Å²) in [7, 11) is 0. The van der Waals surface area contributed by atoms with Crippen molar-refractivity contribution >= 4 is 11.4 Å². The van der Waals surface area contributed by atoms with Crippen molar-refractivity contribution in [3.63, 3.8) is 0 Å². The molecule has 4 aromatic carbocycles. The molecular formula is C45H24F34N2O4. The lowest BCUT2D eigenvalue weighted by Crippen LogP contribution is -2.72. The second-order valence-corrected chi connectivity index (χ2v) is 17.5. The number of alkyl halides is 30. The maximum Gasteiger partial charge on any atom is 0.460 e. The van der Waals surface area contributed by atoms with Crippen LogP contribution in [0.5, 0.6) is 34.5 Å². The van der Waals surface area contributed by atoms with Gasteiger partial charge in [0.2, 0.25) is 11.7 Å². The van der Waals surface area contributed by atoms with Crippen molar-refractivity contribution in [2.24, 2.45) is 0 Å². The van der Waals surface area contributed by atoms with Gasteiger partial charge in [0.15, 0.2) is 11.5 Å². The van der Waals surface area contributed by atoms with Gasteiger partial charge in [-0.2, -0.15) is 149 Å². The average molecular weight is 1300 g/mol. The quantitative estimate of drug-likeness (QED) is 0.0463. The summed E-state index contributed by atoms with van der Waals surface area (Å²) in [6.45, 7) is 3.22. The fourth-order valence-electron chi connectivity index (χ4n) is 6.42. The normalized spacial score (nSPS) is 15.3. The number of nitrogen functional groups attached to an aromatic ring is 2. The highest BCUT2D eigenvalue weighted by Gasteiger charge is 2.95. The molecule has 40 heteroatoms. The van der Waals surface area contributed by atoms with Gasteiger partial charge in [0, 0.05) is 17.5 Å². The van der Waals surface area contributed by atoms with Gasteiger partial charge in [-0.1, -0.05) is 38.1 Å². The molecular weight excluding hydrogens is 1280 g/mol. The zero-order chi connectivity index (χ0) is 66.3. The molecule has 4 aromatic rings. The third-order valence-corrected chi connectivity index (χ3v) is 11.5. The Kier molecular flexibility index (Phi) is 17.9. The number of allylic oxidation sites excluding steroid dienone is 2. The lowest BCUT2D eigenvalue weighted by Gasteiger charge is -2.41. The Labute approximate surface area is 448 Å². The van der Waals surface area contributed by atoms with Crippen LogP contribution >= 0.6 is 0 Å². The van der Waals surface area contributed by atoms with E-state index in [4.69, 9.17) is 20.9 Å². The fraction of sp³-hybridized carbons (Fsp3) is 0.378. The maximum atomic E-state index is 14.4. The van der Waals surface area contributed by atoms with Gasteiger partial charge in [-0.15, -0.1) is 0 Å². The van der Waals surface area contributed by atoms with E-state index in [0.29, 0.717) is 47.5 Å². The zero-order valence-corrected chi connectivity index (χ0v) is 40.2. The van der Waals surface area contributed by atoms with E-state index in [1.807, 2.05) is 0 Å². The van der Waals surface area contributed by atoms with Gasteiger partial charge in [-0.25, -0.2) is 0 Å². The van der Waals surface area contributed by atoms with Gasteiger partial charge in [-0.3, -0.25) is 0 Å². The van der Waals surface area contributed by atoms with Gasteiger partial charge in [0.05, 0.1) is 11.4 Å². The molecule has 0 bridgehead atoms. The first-order valence-corrected chi connectivity index (χ1v) is 21.3. The summed E-state index contributed by atoms with van der Waals surface area (Å²) in [5.74, 6) is -115. The lowest BCUT2D eigenvalue weighted by molar-refractivity contribution is -0.451. The number of rotatable bonds is 22. The maximum absolute atomic E-state index is 14.4. The Bertz CT molecular complexity index is 2940. The Morgan fingerprint density at radius 2 is 0.529 bits per heavy atom. The first-order chi connectivity index (χ1) is 37.8. The van der Waals surface area contributed by atoms with Gasteiger partial charge in [0.25, 0.3) is 0 Å². The summed E-state index contributed by atoms with van der Waals surface area (Å²) in [6.07, 6.45) is -15.8. The Balaban J connectivity index is 1.46. The molecule has 0 aliphatic carbocycles. The van der Waals surface area contributed by atoms with E-state index in [0.717, 1.165) is 0 Å². The minimum Gasteiger partial charge on any atom is -0.457 e. The third-order valence-electron chi connectivity index (χ3n) is 11.5. The molecule has 0 unspecified atom stereocenters. The third kappa shape index (κ3) is 11.3. The summed E-state index contributed by atoms with van der Waals surface area (Å²) >= 11 is 0. The van der Waals surface area contributed by atoms with E-state index in [-0.39, 0.29) is 11.5 Å². The van der Waals surface area contributed by atoms with E-state index >= 15 is 0 Å². The van der Waals surface area contributed by atoms with Gasteiger partial charge in [0.1, 0.15) is 23.0 Å². The number of halogens is 34. The number of hydrogen-bond donors (Lipinski definition) is 2. The van der Waals surface area contributed by atoms with Crippen LogP contribution in [0.3, 0.4) is 0 Å². The molecule has 0 saturated heterocycles. The van der Waals surface area contributed by atoms with Crippen molar-refractivity contribution in [1.82, 2.24) is 0 Å². The zero-order valence-electron chi connectivity index (χ0n) is 40.2. The van der Waals surface area contributed by atoms with Crippen LogP contribution in [0.1, 0.15) is 25.0 Å². The molecule has 85 heavy (non-hydrogen) atoms. The number of benzene rings is 4. The molecule has 0 fully saturated rings. The van der Waals surface area contributed by atoms with Crippen molar-refractivity contribution < 1.29 is 168 Å². The molecule has 0 heterocycles. The molecule has 476 valence electrons. The van der Waals surface area contributed by atoms with Crippen molar-refractivity contribution in [2.45, 2.75) is 103 Å². The summed E-state index contributed by atoms with van der Waals surface area (Å²) in [5, 5.41) is 0. The second-order valence-electron chi connectivity index (χ2n) is 17.5. The SMILES string of the molecule is CC(C)(c1ccc(Oc2ccc(OC(F)=C(F)C(F)(F)C(F)(F)C(F)(F)C(F)(F)C(F)(F)C(F)(F)C(F)(F)F)c(N)c2)cc1)c1ccc(Oc2ccc(OC(F)=C(F)C(F)(F)C(F)(F)C(F)(F)C(F)(F)C(F)(F)C(F)(F)C(F)(F)F)c(N)c2)cc1. The molecule has 0 radical (unpaired) electrons. The van der Waals surface area contributed by atoms with Crippen LogP contribution in [0.2, 0.25) is 0 Å². The highest BCUT2D eigenvalue weighted by molar-refractivity contribution is 5.58. The highest BCUT2D eigenvalue weighted by atomic mass is 19.4. The van der Waals surface area contributed by atoms with Crippen molar-refractivity contribution in [2.75, 3.05) is 11.5 Å². The summed E-state index contributed by atoms with van der Waals surface area (Å²) < 4.78 is 481. The largest absolute Gasteiger partial charge is 0.460 e. The second kappa shape index (κ2) is 21.6. The van der Waals surface area contributed by atoms with Crippen LogP contribution < -0.4 is 30.4 Å². The smallest absolute Gasteiger partial charge is 0.457 e. The molecule has 4 N–H and O–H groups in total. The van der Waals surface area contributed by atoms with Crippen molar-refractivity contribution in [1.29, 1.82) is 0 Å². The molecule has 0 atom stereocenters. The van der Waals surface area contributed by atoms with Crippen LogP contribution in [-0.2, 0) is 5.41 Å². The standard InChI is InChI=1S/C45H24F34N2O4/c1-31(2,17-3-7-19(8-4-17)82-21-11-13-25(23(80)15-21)84-29(48)27(46)32(50,51)34(54,55)36(58,59)38(62,63)40(66,67)42(70,71)44(74,75)76)18-5-9-20(10-6-18)83-22-12-14-26(24(81)16-22)85-30(49)28(47)33(52,53)35(56,57)37(60,61)39(64,65)41(68,69)43(72,73)45(77,78)79/h3-16H,80-81H2,1-2H3. The first kappa shape index (κ1) is 70.3. The predicted molar refractivity (Wildman–Crippen MR) is 218 cm³/mol. The van der Waals surface area contributed by atoms with E-state index in [9.17, 15) is 149 Å². The number of nitrogens with two attached hydrogens (primary N) is 2. The van der Waals surface area contributed by atoms with Crippen molar-refractivity contribution in [3.8, 4) is 34.5 Å². The summed E-state index contributed by atoms with van der Waals surface area (Å²) in [5.41, 5.74) is 8.77. The van der Waals surface area contributed by atoms with Crippen LogP contribution in [0, 0.1) is 0 Å². The van der Waals surface area contributed by atoms with E-state index in [2.05, 4.69) is 9.47 Å². The Morgan fingerprint density at radius 3 is 0.765 bits per heavy atom. The number of anilines is 2. The Morgan fingerprint density at radius 1 is 0.306 bits per heavy atom. The van der Waals surface area contributed by atoms with Crippen LogP contribution in [0.4, 0.5) is 161 Å². The topological polar surface area (TPSA) is 89.0 Å². The molecule has 6 nitrogen and oxygen atoms in total. The van der Waals surface area contributed by atoms with E-state index in [1.165, 1.54) is 48.5 Å². The molecule has 0 aliphatic rings. The van der Waals surface area contributed by atoms with E-state index < -0.39 is 147 Å². The minimum atomic E-state index is -8.80. The van der Waals surface area contributed by atoms with Crippen molar-refractivity contribution in [3.05, 3.63) is 120 Å². The predicted octanol–water partition coefficient (Wildman–Crippen LogP) is 18.5. The van der Waals surface area contributed by atoms with Crippen LogP contribution in [0.15, 0.2) is 109 Å². The molecule has 0 spiro atoms. The first-order valence-electron chi connectivity index (χ1n) is 21.3. The molecule has 0 aliphatic heterocycles. The molecule has 0 amide bonds. The lowest BCUT2D eigenvalue weighted by atomic mass is 9.78. The van der Waals surface area contributed by atoms with E-state index in [1.54, 1.807) is 13.8 Å². The summed E-state index contributed by atoms with van der Waals surface area (Å²) in [6, 6.07) is 6.22. The van der Waals surface area contributed by atoms with Crippen LogP contribution in [-0.4, -0.2) is 83.4 Å². The highest BCUT2D eigenvalue weighted by Crippen LogP contribution is 2.65. The Hall–Kier alpha value is -7.22. The number of ether oxygens (including phenoxy) is 4. The van der Waals surface area contributed by atoms with Gasteiger partial charge < -0.3 is 30.4 Å². The number of hydrogen-bond acceptors (Lipinski definition) is 6. The molecule has 4 rings (SSSR count). The van der Waals surface area contributed by atoms with Gasteiger partial charge >= 0.3 is 95.4 Å².